The molecule has 2 N–H and O–H groups in total. The summed E-state index contributed by atoms with van der Waals surface area (Å²) >= 11 is 0. The van der Waals surface area contributed by atoms with Crippen LogP contribution in [0.15, 0.2) is 48.5 Å². The second-order valence-electron chi connectivity index (χ2n) is 6.22. The van der Waals surface area contributed by atoms with Crippen LogP contribution < -0.4 is 15.4 Å². The first kappa shape index (κ1) is 19.5. The molecule has 138 valence electrons. The zero-order valence-corrected chi connectivity index (χ0v) is 15.6. The average Bonchev–Trinajstić information content (AvgIpc) is 2.61. The Morgan fingerprint density at radius 1 is 1.12 bits per heavy atom. The van der Waals surface area contributed by atoms with E-state index in [-0.39, 0.29) is 17.9 Å². The number of likely N-dealkylation sites (N-methyl/N-ethyl adjacent to an activating group) is 1. The van der Waals surface area contributed by atoms with Gasteiger partial charge < -0.3 is 20.3 Å². The Kier molecular flexibility index (Phi) is 6.74. The molecule has 0 saturated carbocycles. The largest absolute Gasteiger partial charge is 0.497 e. The summed E-state index contributed by atoms with van der Waals surface area (Å²) in [5, 5.41) is 5.64. The summed E-state index contributed by atoms with van der Waals surface area (Å²) in [5.41, 5.74) is 2.19. The molecular formula is C20H25N3O3. The average molecular weight is 355 g/mol. The molecule has 1 atom stereocenters. The lowest BCUT2D eigenvalue weighted by Crippen LogP contribution is -2.34. The molecule has 1 unspecified atom stereocenters. The van der Waals surface area contributed by atoms with Crippen molar-refractivity contribution in [2.45, 2.75) is 13.0 Å². The molecule has 2 amide bonds. The van der Waals surface area contributed by atoms with E-state index in [9.17, 15) is 9.59 Å². The van der Waals surface area contributed by atoms with Crippen molar-refractivity contribution >= 4 is 17.5 Å². The highest BCUT2D eigenvalue weighted by Crippen LogP contribution is 2.21. The molecule has 6 nitrogen and oxygen atoms in total. The third-order valence-corrected chi connectivity index (χ3v) is 4.03. The zero-order valence-electron chi connectivity index (χ0n) is 15.6. The van der Waals surface area contributed by atoms with E-state index in [1.807, 2.05) is 38.4 Å². The van der Waals surface area contributed by atoms with E-state index in [1.165, 1.54) is 6.92 Å². The van der Waals surface area contributed by atoms with Gasteiger partial charge in [0, 0.05) is 24.7 Å². The van der Waals surface area contributed by atoms with Crippen LogP contribution in [0.3, 0.4) is 0 Å². The van der Waals surface area contributed by atoms with Crippen molar-refractivity contribution in [1.29, 1.82) is 0 Å². The van der Waals surface area contributed by atoms with Crippen molar-refractivity contribution in [2.75, 3.05) is 33.1 Å². The minimum Gasteiger partial charge on any atom is -0.497 e. The molecule has 2 aromatic rings. The number of carbonyl (C=O) groups is 2. The van der Waals surface area contributed by atoms with Gasteiger partial charge in [0.2, 0.25) is 5.91 Å². The van der Waals surface area contributed by atoms with E-state index >= 15 is 0 Å². The van der Waals surface area contributed by atoms with Crippen LogP contribution in [0.1, 0.15) is 28.9 Å². The lowest BCUT2D eigenvalue weighted by Gasteiger charge is -2.25. The lowest BCUT2D eigenvalue weighted by molar-refractivity contribution is -0.114. The molecular weight excluding hydrogens is 330 g/mol. The first-order valence-electron chi connectivity index (χ1n) is 8.37. The molecule has 0 saturated heterocycles. The molecule has 0 fully saturated rings. The van der Waals surface area contributed by atoms with E-state index < -0.39 is 0 Å². The highest BCUT2D eigenvalue weighted by atomic mass is 16.5. The molecule has 0 aliphatic rings. The molecule has 0 aliphatic heterocycles. The highest BCUT2D eigenvalue weighted by Gasteiger charge is 2.16. The van der Waals surface area contributed by atoms with Gasteiger partial charge in [-0.3, -0.25) is 9.59 Å². The molecule has 0 heterocycles. The Balaban J connectivity index is 2.06. The van der Waals surface area contributed by atoms with Crippen LogP contribution in [0.2, 0.25) is 0 Å². The predicted octanol–water partition coefficient (Wildman–Crippen LogP) is 2.69. The lowest BCUT2D eigenvalue weighted by atomic mass is 10.1. The monoisotopic (exact) mass is 355 g/mol. The number of hydrogen-bond acceptors (Lipinski definition) is 4. The Bertz CT molecular complexity index is 757. The maximum absolute atomic E-state index is 12.5. The Morgan fingerprint density at radius 3 is 2.38 bits per heavy atom. The van der Waals surface area contributed by atoms with E-state index in [4.69, 9.17) is 4.74 Å². The van der Waals surface area contributed by atoms with Crippen molar-refractivity contribution in [2.24, 2.45) is 0 Å². The fourth-order valence-electron chi connectivity index (χ4n) is 2.66. The van der Waals surface area contributed by atoms with Gasteiger partial charge in [-0.15, -0.1) is 0 Å². The third-order valence-electron chi connectivity index (χ3n) is 4.03. The van der Waals surface area contributed by atoms with E-state index in [2.05, 4.69) is 15.5 Å². The molecule has 26 heavy (non-hydrogen) atoms. The summed E-state index contributed by atoms with van der Waals surface area (Å²) in [6, 6.07) is 14.7. The molecule has 6 heteroatoms. The number of nitrogens with one attached hydrogen (secondary N) is 2. The SMILES string of the molecule is COc1ccc(C(CNC(=O)c2cccc(NC(C)=O)c2)N(C)C)cc1. The van der Waals surface area contributed by atoms with Crippen LogP contribution in [0.5, 0.6) is 5.75 Å². The third kappa shape index (κ3) is 5.32. The summed E-state index contributed by atoms with van der Waals surface area (Å²) < 4.78 is 5.19. The van der Waals surface area contributed by atoms with Gasteiger partial charge in [-0.25, -0.2) is 0 Å². The van der Waals surface area contributed by atoms with E-state index in [0.29, 0.717) is 17.8 Å². The number of amides is 2. The van der Waals surface area contributed by atoms with Gasteiger partial charge in [-0.2, -0.15) is 0 Å². The van der Waals surface area contributed by atoms with Crippen molar-refractivity contribution in [3.8, 4) is 5.75 Å². The van der Waals surface area contributed by atoms with Crippen LogP contribution in [0.25, 0.3) is 0 Å². The van der Waals surface area contributed by atoms with Gasteiger partial charge in [0.05, 0.1) is 13.2 Å². The summed E-state index contributed by atoms with van der Waals surface area (Å²) in [6.07, 6.45) is 0. The standard InChI is InChI=1S/C20H25N3O3/c1-14(24)22-17-7-5-6-16(12-17)20(25)21-13-19(23(2)3)15-8-10-18(26-4)11-9-15/h5-12,19H,13H2,1-4H3,(H,21,25)(H,22,24). The van der Waals surface area contributed by atoms with Crippen molar-refractivity contribution in [3.05, 3.63) is 59.7 Å². The maximum Gasteiger partial charge on any atom is 0.251 e. The topological polar surface area (TPSA) is 70.7 Å². The van der Waals surface area contributed by atoms with E-state index in [0.717, 1.165) is 11.3 Å². The minimum atomic E-state index is -0.183. The quantitative estimate of drug-likeness (QED) is 0.801. The van der Waals surface area contributed by atoms with Crippen LogP contribution in [0.4, 0.5) is 5.69 Å². The number of carbonyl (C=O) groups excluding carboxylic acids is 2. The first-order chi connectivity index (χ1) is 12.4. The second-order valence-corrected chi connectivity index (χ2v) is 6.22. The molecule has 0 radical (unpaired) electrons. The van der Waals surface area contributed by atoms with Crippen LogP contribution in [-0.4, -0.2) is 44.5 Å². The normalized spacial score (nSPS) is 11.7. The molecule has 0 aliphatic carbocycles. The molecule has 2 rings (SSSR count). The first-order valence-corrected chi connectivity index (χ1v) is 8.37. The van der Waals surface area contributed by atoms with E-state index in [1.54, 1.807) is 31.4 Å². The Morgan fingerprint density at radius 2 is 1.81 bits per heavy atom. The van der Waals surface area contributed by atoms with Gasteiger partial charge in [0.15, 0.2) is 0 Å². The Hall–Kier alpha value is -2.86. The molecule has 0 spiro atoms. The van der Waals surface area contributed by atoms with Crippen LogP contribution >= 0.6 is 0 Å². The number of nitrogens with zero attached hydrogens (tertiary/aromatic N) is 1. The smallest absolute Gasteiger partial charge is 0.251 e. The summed E-state index contributed by atoms with van der Waals surface area (Å²) in [5.74, 6) is 0.442. The predicted molar refractivity (Wildman–Crippen MR) is 103 cm³/mol. The van der Waals surface area contributed by atoms with Crippen LogP contribution in [-0.2, 0) is 4.79 Å². The van der Waals surface area contributed by atoms with Gasteiger partial charge in [0.1, 0.15) is 5.75 Å². The van der Waals surface area contributed by atoms with Gasteiger partial charge in [-0.05, 0) is 50.0 Å². The number of methoxy groups -OCH3 is 1. The fraction of sp³-hybridized carbons (Fsp3) is 0.300. The Labute approximate surface area is 154 Å². The number of ether oxygens (including phenoxy) is 1. The number of benzene rings is 2. The van der Waals surface area contributed by atoms with Crippen LogP contribution in [0, 0.1) is 0 Å². The minimum absolute atomic E-state index is 0.0309. The summed E-state index contributed by atoms with van der Waals surface area (Å²) in [6.45, 7) is 1.89. The fourth-order valence-corrected chi connectivity index (χ4v) is 2.66. The number of hydrogen-bond donors (Lipinski definition) is 2. The van der Waals surface area contributed by atoms with Crippen molar-refractivity contribution in [1.82, 2.24) is 10.2 Å². The van der Waals surface area contributed by atoms with Crippen molar-refractivity contribution < 1.29 is 14.3 Å². The van der Waals surface area contributed by atoms with Gasteiger partial charge in [-0.1, -0.05) is 18.2 Å². The number of rotatable bonds is 7. The highest BCUT2D eigenvalue weighted by molar-refractivity contribution is 5.96. The summed E-state index contributed by atoms with van der Waals surface area (Å²) in [7, 11) is 5.57. The molecule has 0 aromatic heterocycles. The molecule has 2 aromatic carbocycles. The zero-order chi connectivity index (χ0) is 19.1. The van der Waals surface area contributed by atoms with Gasteiger partial charge in [0.25, 0.3) is 5.91 Å². The maximum atomic E-state index is 12.5. The molecule has 0 bridgehead atoms. The summed E-state index contributed by atoms with van der Waals surface area (Å²) in [4.78, 5) is 25.7. The van der Waals surface area contributed by atoms with Crippen molar-refractivity contribution in [3.63, 3.8) is 0 Å². The number of anilines is 1. The van der Waals surface area contributed by atoms with Gasteiger partial charge >= 0.3 is 0 Å². The second kappa shape index (κ2) is 9.01.